The summed E-state index contributed by atoms with van der Waals surface area (Å²) in [5, 5.41) is 3.08. The molecule has 1 N–H and O–H groups in total. The van der Waals surface area contributed by atoms with E-state index in [4.69, 9.17) is 4.74 Å². The Hall–Kier alpha value is -1.68. The second kappa shape index (κ2) is 7.73. The Bertz CT molecular complexity index is 539. The first kappa shape index (κ1) is 17.7. The van der Waals surface area contributed by atoms with Crippen molar-refractivity contribution in [3.05, 3.63) is 35.9 Å². The zero-order chi connectivity index (χ0) is 16.9. The Morgan fingerprint density at radius 3 is 2.48 bits per heavy atom. The highest BCUT2D eigenvalue weighted by Gasteiger charge is 2.29. The van der Waals surface area contributed by atoms with Gasteiger partial charge in [-0.15, -0.1) is 0 Å². The van der Waals surface area contributed by atoms with E-state index in [1.165, 1.54) is 0 Å². The van der Waals surface area contributed by atoms with Gasteiger partial charge in [-0.3, -0.25) is 9.59 Å². The van der Waals surface area contributed by atoms with Gasteiger partial charge >= 0.3 is 0 Å². The van der Waals surface area contributed by atoms with E-state index in [9.17, 15) is 9.59 Å². The molecule has 0 saturated heterocycles. The number of ketones is 1. The molecule has 2 rings (SSSR count). The minimum absolute atomic E-state index is 0.0256. The Labute approximate surface area is 138 Å². The summed E-state index contributed by atoms with van der Waals surface area (Å²) in [6.45, 7) is 3.94. The van der Waals surface area contributed by atoms with Gasteiger partial charge in [0.2, 0.25) is 5.91 Å². The van der Waals surface area contributed by atoms with Crippen molar-refractivity contribution in [1.29, 1.82) is 0 Å². The largest absolute Gasteiger partial charge is 0.381 e. The minimum atomic E-state index is -0.351. The van der Waals surface area contributed by atoms with Gasteiger partial charge < -0.3 is 10.1 Å². The van der Waals surface area contributed by atoms with Crippen LogP contribution in [-0.2, 0) is 9.53 Å². The third-order valence-electron chi connectivity index (χ3n) is 4.46. The Kier molecular flexibility index (Phi) is 5.94. The number of carbonyl (C=O) groups excluding carboxylic acids is 2. The van der Waals surface area contributed by atoms with Gasteiger partial charge in [0.25, 0.3) is 0 Å². The molecule has 4 heteroatoms. The molecule has 0 radical (unpaired) electrons. The summed E-state index contributed by atoms with van der Waals surface area (Å²) in [4.78, 5) is 24.6. The third kappa shape index (κ3) is 5.47. The number of carbonyl (C=O) groups is 2. The van der Waals surface area contributed by atoms with Crippen LogP contribution in [0, 0.1) is 5.41 Å². The van der Waals surface area contributed by atoms with Crippen molar-refractivity contribution in [2.75, 3.05) is 7.11 Å². The van der Waals surface area contributed by atoms with Crippen molar-refractivity contribution in [3.8, 4) is 0 Å². The van der Waals surface area contributed by atoms with Crippen LogP contribution in [0.1, 0.15) is 56.3 Å². The molecule has 0 bridgehead atoms. The van der Waals surface area contributed by atoms with Gasteiger partial charge in [0.05, 0.1) is 6.10 Å². The second-order valence-corrected chi connectivity index (χ2v) is 7.24. The van der Waals surface area contributed by atoms with Crippen LogP contribution in [0.3, 0.4) is 0 Å². The average molecular weight is 317 g/mol. The highest BCUT2D eigenvalue weighted by Crippen LogP contribution is 2.28. The lowest BCUT2D eigenvalue weighted by atomic mass is 9.82. The smallest absolute Gasteiger partial charge is 0.220 e. The number of benzene rings is 1. The molecule has 1 saturated carbocycles. The molecule has 0 heterocycles. The van der Waals surface area contributed by atoms with E-state index < -0.39 is 0 Å². The molecule has 1 aliphatic rings. The summed E-state index contributed by atoms with van der Waals surface area (Å²) < 4.78 is 5.33. The molecule has 0 aliphatic heterocycles. The van der Waals surface area contributed by atoms with E-state index in [0.717, 1.165) is 19.3 Å². The normalized spacial score (nSPS) is 21.2. The van der Waals surface area contributed by atoms with Gasteiger partial charge in [-0.25, -0.2) is 0 Å². The highest BCUT2D eigenvalue weighted by atomic mass is 16.5. The molecular formula is C19H27NO3. The summed E-state index contributed by atoms with van der Waals surface area (Å²) in [6.07, 6.45) is 3.83. The molecule has 1 aromatic carbocycles. The average Bonchev–Trinajstić information content (AvgIpc) is 2.94. The summed E-state index contributed by atoms with van der Waals surface area (Å²) in [7, 11) is 1.72. The summed E-state index contributed by atoms with van der Waals surface area (Å²) in [6, 6.07) is 9.46. The Morgan fingerprint density at radius 1 is 1.17 bits per heavy atom. The second-order valence-electron chi connectivity index (χ2n) is 7.24. The first-order valence-corrected chi connectivity index (χ1v) is 8.30. The van der Waals surface area contributed by atoms with Crippen LogP contribution in [-0.4, -0.2) is 30.9 Å². The summed E-state index contributed by atoms with van der Waals surface area (Å²) in [5.41, 5.74) is 0.357. The van der Waals surface area contributed by atoms with Gasteiger partial charge in [-0.2, -0.15) is 0 Å². The lowest BCUT2D eigenvalue weighted by Gasteiger charge is -2.24. The van der Waals surface area contributed by atoms with Gasteiger partial charge in [0.1, 0.15) is 0 Å². The zero-order valence-corrected chi connectivity index (χ0v) is 14.3. The van der Waals surface area contributed by atoms with Crippen molar-refractivity contribution in [2.24, 2.45) is 5.41 Å². The number of amides is 1. The van der Waals surface area contributed by atoms with Crippen molar-refractivity contribution >= 4 is 11.7 Å². The predicted octanol–water partition coefficient (Wildman–Crippen LogP) is 3.36. The fourth-order valence-electron chi connectivity index (χ4n) is 3.22. The van der Waals surface area contributed by atoms with E-state index in [1.807, 2.05) is 44.2 Å². The number of Topliss-reactive ketones (excluding diaryl/α,β-unsaturated/α-hetero) is 1. The van der Waals surface area contributed by atoms with Crippen LogP contribution >= 0.6 is 0 Å². The number of nitrogens with one attached hydrogen (secondary N) is 1. The van der Waals surface area contributed by atoms with E-state index in [2.05, 4.69) is 5.32 Å². The van der Waals surface area contributed by atoms with Crippen LogP contribution in [0.15, 0.2) is 30.3 Å². The van der Waals surface area contributed by atoms with E-state index in [0.29, 0.717) is 18.4 Å². The standard InChI is InChI=1S/C19H27NO3/c1-19(2,12-17(21)14-7-5-4-6-8-14)13-18(22)20-15-9-10-16(11-15)23-3/h4-8,15-16H,9-13H2,1-3H3,(H,20,22)/t15-,16+/m0/s1. The monoisotopic (exact) mass is 317 g/mol. The summed E-state index contributed by atoms with van der Waals surface area (Å²) in [5.74, 6) is 0.112. The number of methoxy groups -OCH3 is 1. The molecule has 0 spiro atoms. The number of hydrogen-bond donors (Lipinski definition) is 1. The van der Waals surface area contributed by atoms with Crippen molar-refractivity contribution in [2.45, 2.75) is 58.1 Å². The maximum atomic E-state index is 12.3. The lowest BCUT2D eigenvalue weighted by molar-refractivity contribution is -0.123. The Balaban J connectivity index is 1.83. The van der Waals surface area contributed by atoms with Crippen LogP contribution in [0.4, 0.5) is 0 Å². The van der Waals surface area contributed by atoms with Crippen molar-refractivity contribution in [1.82, 2.24) is 5.32 Å². The molecule has 0 aromatic heterocycles. The number of rotatable bonds is 7. The molecule has 1 aromatic rings. The van der Waals surface area contributed by atoms with Gasteiger partial charge in [0.15, 0.2) is 5.78 Å². The van der Waals surface area contributed by atoms with Crippen LogP contribution in [0.25, 0.3) is 0 Å². The SMILES string of the molecule is CO[C@@H]1CC[C@H](NC(=O)CC(C)(C)CC(=O)c2ccccc2)C1. The fourth-order valence-corrected chi connectivity index (χ4v) is 3.22. The molecule has 1 fully saturated rings. The van der Waals surface area contributed by atoms with Crippen LogP contribution in [0.2, 0.25) is 0 Å². The quantitative estimate of drug-likeness (QED) is 0.785. The highest BCUT2D eigenvalue weighted by molar-refractivity contribution is 5.96. The molecule has 1 aliphatic carbocycles. The Morgan fingerprint density at radius 2 is 1.87 bits per heavy atom. The molecule has 126 valence electrons. The van der Waals surface area contributed by atoms with Crippen LogP contribution in [0.5, 0.6) is 0 Å². The van der Waals surface area contributed by atoms with E-state index >= 15 is 0 Å². The molecule has 4 nitrogen and oxygen atoms in total. The minimum Gasteiger partial charge on any atom is -0.381 e. The third-order valence-corrected chi connectivity index (χ3v) is 4.46. The predicted molar refractivity (Wildman–Crippen MR) is 90.4 cm³/mol. The zero-order valence-electron chi connectivity index (χ0n) is 14.3. The maximum Gasteiger partial charge on any atom is 0.220 e. The van der Waals surface area contributed by atoms with E-state index in [1.54, 1.807) is 7.11 Å². The fraction of sp³-hybridized carbons (Fsp3) is 0.579. The number of hydrogen-bond acceptors (Lipinski definition) is 3. The van der Waals surface area contributed by atoms with Crippen molar-refractivity contribution in [3.63, 3.8) is 0 Å². The maximum absolute atomic E-state index is 12.3. The molecule has 23 heavy (non-hydrogen) atoms. The molecule has 0 unspecified atom stereocenters. The van der Waals surface area contributed by atoms with Crippen LogP contribution < -0.4 is 5.32 Å². The van der Waals surface area contributed by atoms with Gasteiger partial charge in [-0.05, 0) is 24.7 Å². The molecule has 1 amide bonds. The molecule has 2 atom stereocenters. The molecular weight excluding hydrogens is 290 g/mol. The first-order valence-electron chi connectivity index (χ1n) is 8.30. The lowest BCUT2D eigenvalue weighted by Crippen LogP contribution is -2.36. The van der Waals surface area contributed by atoms with E-state index in [-0.39, 0.29) is 29.3 Å². The number of ether oxygens (including phenoxy) is 1. The van der Waals surface area contributed by atoms with Gasteiger partial charge in [0, 0.05) is 31.6 Å². The van der Waals surface area contributed by atoms with Crippen molar-refractivity contribution < 1.29 is 14.3 Å². The topological polar surface area (TPSA) is 55.4 Å². The first-order chi connectivity index (χ1) is 10.9. The van der Waals surface area contributed by atoms with Gasteiger partial charge in [-0.1, -0.05) is 44.2 Å². The summed E-state index contributed by atoms with van der Waals surface area (Å²) >= 11 is 0.